The Balaban J connectivity index is 1.78. The van der Waals surface area contributed by atoms with Crippen LogP contribution in [-0.2, 0) is 14.3 Å². The number of hydrogen-bond donors (Lipinski definition) is 2. The molecule has 3 rings (SSSR count). The minimum Gasteiger partial charge on any atom is -0.481 e. The molecule has 0 spiro atoms. The number of nitrogens with one attached hydrogen (secondary N) is 1. The van der Waals surface area contributed by atoms with Crippen molar-refractivity contribution in [3.05, 3.63) is 42.0 Å². The first-order valence-corrected chi connectivity index (χ1v) is 7.41. The number of carboxylic acids is 1. The molecule has 23 heavy (non-hydrogen) atoms. The summed E-state index contributed by atoms with van der Waals surface area (Å²) in [6, 6.07) is 6.39. The zero-order valence-corrected chi connectivity index (χ0v) is 12.6. The van der Waals surface area contributed by atoms with Crippen molar-refractivity contribution in [3.63, 3.8) is 0 Å². The van der Waals surface area contributed by atoms with Crippen molar-refractivity contribution in [1.29, 1.82) is 0 Å². The summed E-state index contributed by atoms with van der Waals surface area (Å²) >= 11 is 0. The quantitative estimate of drug-likeness (QED) is 0.654. The van der Waals surface area contributed by atoms with Crippen molar-refractivity contribution in [1.82, 2.24) is 0 Å². The van der Waals surface area contributed by atoms with Crippen LogP contribution in [0.5, 0.6) is 0 Å². The van der Waals surface area contributed by atoms with Gasteiger partial charge in [-0.25, -0.2) is 4.79 Å². The molecule has 2 bridgehead atoms. The van der Waals surface area contributed by atoms with E-state index >= 15 is 0 Å². The molecule has 6 heteroatoms. The molecule has 1 aromatic carbocycles. The highest BCUT2D eigenvalue weighted by Gasteiger charge is 2.51. The van der Waals surface area contributed by atoms with Crippen LogP contribution < -0.4 is 5.32 Å². The summed E-state index contributed by atoms with van der Waals surface area (Å²) in [6.45, 7) is 0. The van der Waals surface area contributed by atoms with Gasteiger partial charge >= 0.3 is 11.9 Å². The molecule has 0 saturated heterocycles. The van der Waals surface area contributed by atoms with Gasteiger partial charge in [0.2, 0.25) is 5.91 Å². The summed E-state index contributed by atoms with van der Waals surface area (Å²) in [5, 5.41) is 12.1. The molecule has 2 aliphatic carbocycles. The van der Waals surface area contributed by atoms with Crippen LogP contribution in [0.25, 0.3) is 0 Å². The van der Waals surface area contributed by atoms with Crippen molar-refractivity contribution >= 4 is 23.5 Å². The number of carbonyl (C=O) groups is 3. The van der Waals surface area contributed by atoms with E-state index in [9.17, 15) is 19.5 Å². The van der Waals surface area contributed by atoms with Gasteiger partial charge in [-0.05, 0) is 36.5 Å². The number of benzene rings is 1. The maximum absolute atomic E-state index is 12.5. The molecule has 1 saturated carbocycles. The van der Waals surface area contributed by atoms with Crippen molar-refractivity contribution in [3.8, 4) is 0 Å². The average molecular weight is 315 g/mol. The number of rotatable bonds is 4. The molecule has 2 N–H and O–H groups in total. The van der Waals surface area contributed by atoms with Crippen LogP contribution in [-0.4, -0.2) is 30.1 Å². The molecule has 4 atom stereocenters. The minimum absolute atomic E-state index is 0.0371. The van der Waals surface area contributed by atoms with E-state index in [0.717, 1.165) is 0 Å². The predicted octanol–water partition coefficient (Wildman–Crippen LogP) is 1.93. The fourth-order valence-corrected chi connectivity index (χ4v) is 3.58. The Labute approximate surface area is 133 Å². The molecule has 1 amide bonds. The highest BCUT2D eigenvalue weighted by atomic mass is 16.5. The monoisotopic (exact) mass is 315 g/mol. The predicted molar refractivity (Wildman–Crippen MR) is 81.8 cm³/mol. The number of fused-ring (bicyclic) bond motifs is 2. The number of carbonyl (C=O) groups excluding carboxylic acids is 2. The van der Waals surface area contributed by atoms with Crippen molar-refractivity contribution in [2.24, 2.45) is 23.7 Å². The molecule has 1 aromatic rings. The molecule has 120 valence electrons. The van der Waals surface area contributed by atoms with Gasteiger partial charge in [0.25, 0.3) is 0 Å². The van der Waals surface area contributed by atoms with Gasteiger partial charge in [0.05, 0.1) is 24.5 Å². The van der Waals surface area contributed by atoms with Crippen LogP contribution >= 0.6 is 0 Å². The Kier molecular flexibility index (Phi) is 3.90. The number of amides is 1. The van der Waals surface area contributed by atoms with Gasteiger partial charge in [-0.15, -0.1) is 0 Å². The number of carboxylic acid groups (broad SMARTS) is 1. The molecule has 0 radical (unpaired) electrons. The summed E-state index contributed by atoms with van der Waals surface area (Å²) < 4.78 is 4.65. The first kappa shape index (κ1) is 15.3. The molecule has 0 unspecified atom stereocenters. The summed E-state index contributed by atoms with van der Waals surface area (Å²) in [5.41, 5.74) is 0.779. The largest absolute Gasteiger partial charge is 0.481 e. The Hall–Kier alpha value is -2.63. The second-order valence-electron chi connectivity index (χ2n) is 5.90. The van der Waals surface area contributed by atoms with Crippen LogP contribution in [0.1, 0.15) is 16.8 Å². The first-order chi connectivity index (χ1) is 11.0. The van der Waals surface area contributed by atoms with Gasteiger partial charge < -0.3 is 15.2 Å². The summed E-state index contributed by atoms with van der Waals surface area (Å²) in [7, 11) is 1.28. The normalized spacial score (nSPS) is 27.7. The maximum Gasteiger partial charge on any atom is 0.337 e. The zero-order valence-electron chi connectivity index (χ0n) is 12.6. The molecule has 0 aromatic heterocycles. The van der Waals surface area contributed by atoms with Crippen LogP contribution in [0.4, 0.5) is 5.69 Å². The van der Waals surface area contributed by atoms with E-state index in [1.165, 1.54) is 13.2 Å². The lowest BCUT2D eigenvalue weighted by atomic mass is 9.82. The first-order valence-electron chi connectivity index (χ1n) is 7.41. The highest BCUT2D eigenvalue weighted by molar-refractivity contribution is 5.98. The summed E-state index contributed by atoms with van der Waals surface area (Å²) in [6.07, 6.45) is 4.53. The van der Waals surface area contributed by atoms with E-state index in [4.69, 9.17) is 0 Å². The number of hydrogen-bond acceptors (Lipinski definition) is 4. The number of allylic oxidation sites excluding steroid dienone is 2. The van der Waals surface area contributed by atoms with Gasteiger partial charge in [-0.1, -0.05) is 18.2 Å². The molecule has 6 nitrogen and oxygen atoms in total. The van der Waals surface area contributed by atoms with E-state index in [-0.39, 0.29) is 17.7 Å². The lowest BCUT2D eigenvalue weighted by molar-refractivity contribution is -0.146. The molecule has 0 aliphatic heterocycles. The zero-order chi connectivity index (χ0) is 16.6. The summed E-state index contributed by atoms with van der Waals surface area (Å²) in [5.74, 6) is -3.13. The van der Waals surface area contributed by atoms with E-state index in [1.54, 1.807) is 18.2 Å². The number of ether oxygens (including phenoxy) is 1. The third-order valence-electron chi connectivity index (χ3n) is 4.60. The van der Waals surface area contributed by atoms with Crippen molar-refractivity contribution < 1.29 is 24.2 Å². The molecular weight excluding hydrogens is 298 g/mol. The number of anilines is 1. The van der Waals surface area contributed by atoms with Crippen molar-refractivity contribution in [2.75, 3.05) is 12.4 Å². The Morgan fingerprint density at radius 1 is 1.17 bits per heavy atom. The standard InChI is InChI=1S/C17H17NO5/c1-23-17(22)11-3-2-4-12(8-11)18-15(19)13-9-5-6-10(7-9)14(13)16(20)21/h2-6,8-10,13-14H,7H2,1H3,(H,18,19)(H,20,21)/t9-,10-,13-,14-/m0/s1. The molecule has 1 fully saturated rings. The minimum atomic E-state index is -0.940. The number of methoxy groups -OCH3 is 1. The second-order valence-corrected chi connectivity index (χ2v) is 5.90. The van der Waals surface area contributed by atoms with E-state index < -0.39 is 23.8 Å². The Morgan fingerprint density at radius 2 is 1.87 bits per heavy atom. The van der Waals surface area contributed by atoms with Crippen LogP contribution in [0.2, 0.25) is 0 Å². The lowest BCUT2D eigenvalue weighted by Gasteiger charge is -2.23. The number of esters is 1. The fraction of sp³-hybridized carbons (Fsp3) is 0.353. The summed E-state index contributed by atoms with van der Waals surface area (Å²) in [4.78, 5) is 35.5. The van der Waals surface area contributed by atoms with Gasteiger partial charge in [-0.3, -0.25) is 9.59 Å². The Bertz CT molecular complexity index is 696. The van der Waals surface area contributed by atoms with Crippen LogP contribution in [0.3, 0.4) is 0 Å². The topological polar surface area (TPSA) is 92.7 Å². The SMILES string of the molecule is COC(=O)c1cccc(NC(=O)[C@@H]2[C@@H](C(=O)O)[C@H]3C=C[C@H]2C3)c1. The van der Waals surface area contributed by atoms with E-state index in [2.05, 4.69) is 10.1 Å². The smallest absolute Gasteiger partial charge is 0.337 e. The van der Waals surface area contributed by atoms with Gasteiger partial charge in [0, 0.05) is 5.69 Å². The van der Waals surface area contributed by atoms with Gasteiger partial charge in [-0.2, -0.15) is 0 Å². The highest BCUT2D eigenvalue weighted by Crippen LogP contribution is 2.48. The average Bonchev–Trinajstić information content (AvgIpc) is 3.15. The Morgan fingerprint density at radius 3 is 2.52 bits per heavy atom. The lowest BCUT2D eigenvalue weighted by Crippen LogP contribution is -2.36. The van der Waals surface area contributed by atoms with Crippen LogP contribution in [0.15, 0.2) is 36.4 Å². The third kappa shape index (κ3) is 2.72. The van der Waals surface area contributed by atoms with Crippen molar-refractivity contribution in [2.45, 2.75) is 6.42 Å². The number of aliphatic carboxylic acids is 1. The maximum atomic E-state index is 12.5. The third-order valence-corrected chi connectivity index (χ3v) is 4.60. The fourth-order valence-electron chi connectivity index (χ4n) is 3.58. The van der Waals surface area contributed by atoms with Crippen LogP contribution in [0, 0.1) is 23.7 Å². The van der Waals surface area contributed by atoms with Gasteiger partial charge in [0.1, 0.15) is 0 Å². The van der Waals surface area contributed by atoms with E-state index in [0.29, 0.717) is 17.7 Å². The second kappa shape index (κ2) is 5.87. The molecule has 0 heterocycles. The molecular formula is C17H17NO5. The van der Waals surface area contributed by atoms with Gasteiger partial charge in [0.15, 0.2) is 0 Å². The van der Waals surface area contributed by atoms with E-state index in [1.807, 2.05) is 12.2 Å². The molecule has 2 aliphatic rings.